The molecule has 2 saturated carbocycles. The van der Waals surface area contributed by atoms with Gasteiger partial charge < -0.3 is 11.1 Å². The molecule has 2 rings (SSSR count). The maximum absolute atomic E-state index is 5.90. The van der Waals surface area contributed by atoms with E-state index in [4.69, 9.17) is 5.73 Å². The summed E-state index contributed by atoms with van der Waals surface area (Å²) in [6, 6.07) is 0.838. The normalized spacial score (nSPS) is 27.5. The molecule has 0 aromatic rings. The van der Waals surface area contributed by atoms with E-state index in [0.29, 0.717) is 5.41 Å². The summed E-state index contributed by atoms with van der Waals surface area (Å²) in [5.41, 5.74) is 6.36. The maximum Gasteiger partial charge on any atom is 0.00684 e. The van der Waals surface area contributed by atoms with Crippen molar-refractivity contribution in [3.8, 4) is 0 Å². The van der Waals surface area contributed by atoms with Crippen LogP contribution in [-0.4, -0.2) is 19.1 Å². The van der Waals surface area contributed by atoms with Crippen LogP contribution in [-0.2, 0) is 0 Å². The Kier molecular flexibility index (Phi) is 2.89. The van der Waals surface area contributed by atoms with Crippen molar-refractivity contribution in [3.05, 3.63) is 0 Å². The second-order valence-electron chi connectivity index (χ2n) is 4.92. The van der Waals surface area contributed by atoms with E-state index in [1.54, 1.807) is 0 Å². The molecule has 3 N–H and O–H groups in total. The molecule has 0 aromatic heterocycles. The Hall–Kier alpha value is -0.0800. The summed E-state index contributed by atoms with van der Waals surface area (Å²) >= 11 is 0. The Bertz CT molecular complexity index is 157. The zero-order valence-electron chi connectivity index (χ0n) is 8.52. The van der Waals surface area contributed by atoms with E-state index < -0.39 is 0 Å². The molecule has 0 radical (unpaired) electrons. The van der Waals surface area contributed by atoms with Gasteiger partial charge in [0.1, 0.15) is 0 Å². The van der Waals surface area contributed by atoms with Crippen molar-refractivity contribution < 1.29 is 0 Å². The fraction of sp³-hybridized carbons (Fsp3) is 1.00. The molecular weight excluding hydrogens is 160 g/mol. The van der Waals surface area contributed by atoms with Crippen molar-refractivity contribution in [1.29, 1.82) is 0 Å². The van der Waals surface area contributed by atoms with Gasteiger partial charge in [0.15, 0.2) is 0 Å². The van der Waals surface area contributed by atoms with Gasteiger partial charge in [-0.1, -0.05) is 19.3 Å². The molecule has 0 aliphatic heterocycles. The molecule has 0 spiro atoms. The van der Waals surface area contributed by atoms with E-state index in [2.05, 4.69) is 5.32 Å². The quantitative estimate of drug-likeness (QED) is 0.694. The highest BCUT2D eigenvalue weighted by atomic mass is 15.0. The third kappa shape index (κ3) is 2.44. The van der Waals surface area contributed by atoms with Crippen LogP contribution >= 0.6 is 0 Å². The second kappa shape index (κ2) is 3.97. The van der Waals surface area contributed by atoms with Gasteiger partial charge in [-0.05, 0) is 37.6 Å². The Balaban J connectivity index is 1.80. The molecule has 2 aliphatic carbocycles. The summed E-state index contributed by atoms with van der Waals surface area (Å²) < 4.78 is 0. The number of rotatable bonds is 4. The van der Waals surface area contributed by atoms with Gasteiger partial charge in [0.2, 0.25) is 0 Å². The Morgan fingerprint density at radius 2 is 1.85 bits per heavy atom. The SMILES string of the molecule is NCC1(CNC2CC2)CCCCC1. The van der Waals surface area contributed by atoms with E-state index in [1.165, 1.54) is 51.5 Å². The minimum atomic E-state index is 0.459. The lowest BCUT2D eigenvalue weighted by Gasteiger charge is -2.36. The molecule has 0 atom stereocenters. The first-order chi connectivity index (χ1) is 6.35. The molecule has 2 aliphatic rings. The van der Waals surface area contributed by atoms with Gasteiger partial charge in [0.25, 0.3) is 0 Å². The van der Waals surface area contributed by atoms with Crippen LogP contribution in [0.1, 0.15) is 44.9 Å². The molecule has 2 heteroatoms. The lowest BCUT2D eigenvalue weighted by Crippen LogP contribution is -2.42. The van der Waals surface area contributed by atoms with E-state index in [0.717, 1.165) is 12.6 Å². The van der Waals surface area contributed by atoms with Crippen LogP contribution in [0.3, 0.4) is 0 Å². The van der Waals surface area contributed by atoms with E-state index in [1.807, 2.05) is 0 Å². The number of nitrogens with one attached hydrogen (secondary N) is 1. The summed E-state index contributed by atoms with van der Waals surface area (Å²) in [5.74, 6) is 0. The van der Waals surface area contributed by atoms with Crippen molar-refractivity contribution >= 4 is 0 Å². The first kappa shape index (κ1) is 9.47. The number of nitrogens with two attached hydrogens (primary N) is 1. The highest BCUT2D eigenvalue weighted by Crippen LogP contribution is 2.35. The summed E-state index contributed by atoms with van der Waals surface area (Å²) in [7, 11) is 0. The van der Waals surface area contributed by atoms with Crippen molar-refractivity contribution in [2.45, 2.75) is 51.0 Å². The largest absolute Gasteiger partial charge is 0.330 e. The average molecular weight is 182 g/mol. The van der Waals surface area contributed by atoms with Crippen LogP contribution in [0.5, 0.6) is 0 Å². The Morgan fingerprint density at radius 3 is 2.38 bits per heavy atom. The van der Waals surface area contributed by atoms with Crippen molar-refractivity contribution in [3.63, 3.8) is 0 Å². The van der Waals surface area contributed by atoms with Crippen LogP contribution in [0.2, 0.25) is 0 Å². The van der Waals surface area contributed by atoms with E-state index in [-0.39, 0.29) is 0 Å². The monoisotopic (exact) mass is 182 g/mol. The van der Waals surface area contributed by atoms with E-state index >= 15 is 0 Å². The standard InChI is InChI=1S/C11H22N2/c12-8-11(6-2-1-3-7-11)9-13-10-4-5-10/h10,13H,1-9,12H2. The highest BCUT2D eigenvalue weighted by Gasteiger charge is 2.32. The molecule has 0 amide bonds. The van der Waals surface area contributed by atoms with E-state index in [9.17, 15) is 0 Å². The molecule has 76 valence electrons. The zero-order valence-corrected chi connectivity index (χ0v) is 8.52. The minimum Gasteiger partial charge on any atom is -0.330 e. The third-order valence-corrected chi connectivity index (χ3v) is 3.69. The average Bonchev–Trinajstić information content (AvgIpc) is 3.00. The van der Waals surface area contributed by atoms with Crippen molar-refractivity contribution in [1.82, 2.24) is 5.32 Å². The number of hydrogen-bond donors (Lipinski definition) is 2. The van der Waals surface area contributed by atoms with Crippen molar-refractivity contribution in [2.24, 2.45) is 11.1 Å². The van der Waals surface area contributed by atoms with Crippen LogP contribution < -0.4 is 11.1 Å². The van der Waals surface area contributed by atoms with Crippen molar-refractivity contribution in [2.75, 3.05) is 13.1 Å². The molecule has 0 saturated heterocycles. The Labute approximate surface area is 81.3 Å². The summed E-state index contributed by atoms with van der Waals surface area (Å²) in [4.78, 5) is 0. The van der Waals surface area contributed by atoms with Gasteiger partial charge in [0, 0.05) is 12.6 Å². The first-order valence-corrected chi connectivity index (χ1v) is 5.78. The molecule has 0 aromatic carbocycles. The zero-order chi connectivity index (χ0) is 9.15. The Morgan fingerprint density at radius 1 is 1.15 bits per heavy atom. The van der Waals surface area contributed by atoms with Gasteiger partial charge in [-0.15, -0.1) is 0 Å². The van der Waals surface area contributed by atoms with Crippen LogP contribution in [0.15, 0.2) is 0 Å². The summed E-state index contributed by atoms with van der Waals surface area (Å²) in [6.07, 6.45) is 9.69. The van der Waals surface area contributed by atoms with Gasteiger partial charge in [-0.25, -0.2) is 0 Å². The summed E-state index contributed by atoms with van der Waals surface area (Å²) in [5, 5.41) is 3.64. The fourth-order valence-corrected chi connectivity index (χ4v) is 2.40. The van der Waals surface area contributed by atoms with Gasteiger partial charge >= 0.3 is 0 Å². The third-order valence-electron chi connectivity index (χ3n) is 3.69. The van der Waals surface area contributed by atoms with Gasteiger partial charge in [-0.3, -0.25) is 0 Å². The molecule has 13 heavy (non-hydrogen) atoms. The van der Waals surface area contributed by atoms with Gasteiger partial charge in [0.05, 0.1) is 0 Å². The smallest absolute Gasteiger partial charge is 0.00684 e. The predicted octanol–water partition coefficient (Wildman–Crippen LogP) is 1.65. The molecule has 2 nitrogen and oxygen atoms in total. The van der Waals surface area contributed by atoms with Crippen LogP contribution in [0.4, 0.5) is 0 Å². The minimum absolute atomic E-state index is 0.459. The van der Waals surface area contributed by atoms with Crippen LogP contribution in [0, 0.1) is 5.41 Å². The highest BCUT2D eigenvalue weighted by molar-refractivity contribution is 4.89. The van der Waals surface area contributed by atoms with Crippen LogP contribution in [0.25, 0.3) is 0 Å². The summed E-state index contributed by atoms with van der Waals surface area (Å²) in [6.45, 7) is 2.06. The maximum atomic E-state index is 5.90. The predicted molar refractivity (Wildman–Crippen MR) is 55.6 cm³/mol. The molecule has 0 heterocycles. The lowest BCUT2D eigenvalue weighted by molar-refractivity contribution is 0.191. The fourth-order valence-electron chi connectivity index (χ4n) is 2.40. The number of hydrogen-bond acceptors (Lipinski definition) is 2. The molecule has 2 fully saturated rings. The van der Waals surface area contributed by atoms with Gasteiger partial charge in [-0.2, -0.15) is 0 Å². The topological polar surface area (TPSA) is 38.0 Å². The first-order valence-electron chi connectivity index (χ1n) is 5.78. The lowest BCUT2D eigenvalue weighted by atomic mass is 9.74. The molecule has 0 unspecified atom stereocenters. The second-order valence-corrected chi connectivity index (χ2v) is 4.92. The molecule has 0 bridgehead atoms. The molecular formula is C11H22N2.